The standard InChI is InChI=1S/C20H21NO3S/c1-14-7-3-5-9-16(14)24-12-19(22)21-13-20(2,23)18-11-15-8-4-6-10-17(15)25-18/h3-11,23H,12-13H2,1-2H3,(H,21,22). The molecular formula is C20H21NO3S. The zero-order chi connectivity index (χ0) is 17.9. The first kappa shape index (κ1) is 17.5. The van der Waals surface area contributed by atoms with Gasteiger partial charge in [0.15, 0.2) is 6.61 Å². The maximum Gasteiger partial charge on any atom is 0.258 e. The number of ether oxygens (including phenoxy) is 1. The van der Waals surface area contributed by atoms with Gasteiger partial charge < -0.3 is 15.2 Å². The van der Waals surface area contributed by atoms with Crippen molar-refractivity contribution >= 4 is 27.3 Å². The van der Waals surface area contributed by atoms with Crippen molar-refractivity contribution in [2.45, 2.75) is 19.4 Å². The Kier molecular flexibility index (Phi) is 5.06. The van der Waals surface area contributed by atoms with Crippen LogP contribution in [-0.4, -0.2) is 24.2 Å². The maximum atomic E-state index is 12.0. The number of carbonyl (C=O) groups excluding carboxylic acids is 1. The first-order valence-corrected chi connectivity index (χ1v) is 8.94. The van der Waals surface area contributed by atoms with Gasteiger partial charge in [-0.2, -0.15) is 0 Å². The normalized spacial score (nSPS) is 13.4. The Morgan fingerprint density at radius 2 is 1.92 bits per heavy atom. The Bertz CT molecular complexity index is 852. The summed E-state index contributed by atoms with van der Waals surface area (Å²) in [7, 11) is 0. The summed E-state index contributed by atoms with van der Waals surface area (Å²) < 4.78 is 6.64. The second kappa shape index (κ2) is 7.25. The van der Waals surface area contributed by atoms with Gasteiger partial charge in [0, 0.05) is 9.58 Å². The summed E-state index contributed by atoms with van der Waals surface area (Å²) in [6.07, 6.45) is 0. The fourth-order valence-corrected chi connectivity index (χ4v) is 3.62. The van der Waals surface area contributed by atoms with Crippen LogP contribution in [0.5, 0.6) is 5.75 Å². The molecule has 0 spiro atoms. The summed E-state index contributed by atoms with van der Waals surface area (Å²) in [5.41, 5.74) is -0.144. The van der Waals surface area contributed by atoms with Crippen molar-refractivity contribution in [3.8, 4) is 5.75 Å². The van der Waals surface area contributed by atoms with Crippen molar-refractivity contribution in [2.24, 2.45) is 0 Å². The Morgan fingerprint density at radius 1 is 1.20 bits per heavy atom. The number of hydrogen-bond donors (Lipinski definition) is 2. The smallest absolute Gasteiger partial charge is 0.258 e. The van der Waals surface area contributed by atoms with E-state index in [2.05, 4.69) is 5.32 Å². The number of rotatable bonds is 6. The number of amides is 1. The van der Waals surface area contributed by atoms with E-state index in [1.807, 2.05) is 61.5 Å². The Labute approximate surface area is 151 Å². The van der Waals surface area contributed by atoms with E-state index in [9.17, 15) is 9.90 Å². The van der Waals surface area contributed by atoms with Crippen LogP contribution < -0.4 is 10.1 Å². The lowest BCUT2D eigenvalue weighted by molar-refractivity contribution is -0.124. The number of aliphatic hydroxyl groups is 1. The average Bonchev–Trinajstić information content (AvgIpc) is 3.04. The van der Waals surface area contributed by atoms with Crippen molar-refractivity contribution < 1.29 is 14.6 Å². The highest BCUT2D eigenvalue weighted by Crippen LogP contribution is 2.32. The molecule has 0 aliphatic heterocycles. The number of para-hydroxylation sites is 1. The molecule has 2 N–H and O–H groups in total. The highest BCUT2D eigenvalue weighted by atomic mass is 32.1. The third kappa shape index (κ3) is 4.18. The molecule has 1 aromatic heterocycles. The van der Waals surface area contributed by atoms with Crippen molar-refractivity contribution in [1.29, 1.82) is 0 Å². The van der Waals surface area contributed by atoms with Gasteiger partial charge in [0.05, 0.1) is 6.54 Å². The van der Waals surface area contributed by atoms with Crippen LogP contribution in [0.4, 0.5) is 0 Å². The molecule has 0 saturated carbocycles. The maximum absolute atomic E-state index is 12.0. The van der Waals surface area contributed by atoms with E-state index >= 15 is 0 Å². The zero-order valence-corrected chi connectivity index (χ0v) is 15.1. The Hall–Kier alpha value is -2.37. The van der Waals surface area contributed by atoms with Gasteiger partial charge in [0.25, 0.3) is 5.91 Å². The fraction of sp³-hybridized carbons (Fsp3) is 0.250. The van der Waals surface area contributed by atoms with Gasteiger partial charge in [-0.25, -0.2) is 0 Å². The molecule has 0 radical (unpaired) electrons. The number of aryl methyl sites for hydroxylation is 1. The van der Waals surface area contributed by atoms with Crippen molar-refractivity contribution in [3.05, 3.63) is 65.0 Å². The molecule has 1 heterocycles. The third-order valence-corrected chi connectivity index (χ3v) is 5.41. The van der Waals surface area contributed by atoms with Gasteiger partial charge in [-0.05, 0) is 43.0 Å². The molecule has 0 aliphatic rings. The number of fused-ring (bicyclic) bond motifs is 1. The number of carbonyl (C=O) groups is 1. The summed E-state index contributed by atoms with van der Waals surface area (Å²) in [5, 5.41) is 14.6. The molecule has 0 saturated heterocycles. The number of thiophene rings is 1. The van der Waals surface area contributed by atoms with E-state index < -0.39 is 5.60 Å². The van der Waals surface area contributed by atoms with E-state index in [0.717, 1.165) is 20.5 Å². The van der Waals surface area contributed by atoms with Crippen LogP contribution in [0.2, 0.25) is 0 Å². The molecule has 130 valence electrons. The average molecular weight is 355 g/mol. The molecule has 0 aliphatic carbocycles. The van der Waals surface area contributed by atoms with E-state index in [1.54, 1.807) is 6.92 Å². The van der Waals surface area contributed by atoms with Crippen molar-refractivity contribution in [3.63, 3.8) is 0 Å². The first-order chi connectivity index (χ1) is 12.0. The topological polar surface area (TPSA) is 58.6 Å². The molecule has 1 atom stereocenters. The molecule has 5 heteroatoms. The van der Waals surface area contributed by atoms with Gasteiger partial charge in [0.2, 0.25) is 0 Å². The molecule has 1 unspecified atom stereocenters. The lowest BCUT2D eigenvalue weighted by Crippen LogP contribution is -2.40. The van der Waals surface area contributed by atoms with Gasteiger partial charge in [0.1, 0.15) is 11.4 Å². The zero-order valence-electron chi connectivity index (χ0n) is 14.3. The molecule has 2 aromatic carbocycles. The molecule has 3 aromatic rings. The van der Waals surface area contributed by atoms with Crippen LogP contribution in [0.15, 0.2) is 54.6 Å². The molecule has 3 rings (SSSR count). The monoisotopic (exact) mass is 355 g/mol. The van der Waals surface area contributed by atoms with Crippen LogP contribution in [0.25, 0.3) is 10.1 Å². The SMILES string of the molecule is Cc1ccccc1OCC(=O)NCC(C)(O)c1cc2ccccc2s1. The number of nitrogens with one attached hydrogen (secondary N) is 1. The van der Waals surface area contributed by atoms with E-state index in [0.29, 0.717) is 5.75 Å². The van der Waals surface area contributed by atoms with Gasteiger partial charge in [-0.3, -0.25) is 4.79 Å². The van der Waals surface area contributed by atoms with Crippen LogP contribution in [-0.2, 0) is 10.4 Å². The minimum atomic E-state index is -1.12. The molecule has 1 amide bonds. The van der Waals surface area contributed by atoms with E-state index in [-0.39, 0.29) is 19.1 Å². The predicted molar refractivity (Wildman–Crippen MR) is 101 cm³/mol. The van der Waals surface area contributed by atoms with E-state index in [4.69, 9.17) is 4.74 Å². The van der Waals surface area contributed by atoms with Crippen LogP contribution in [0, 0.1) is 6.92 Å². The summed E-state index contributed by atoms with van der Waals surface area (Å²) in [6.45, 7) is 3.70. The Morgan fingerprint density at radius 3 is 2.68 bits per heavy atom. The van der Waals surface area contributed by atoms with Crippen molar-refractivity contribution in [2.75, 3.05) is 13.2 Å². The minimum Gasteiger partial charge on any atom is -0.484 e. The van der Waals surface area contributed by atoms with E-state index in [1.165, 1.54) is 11.3 Å². The van der Waals surface area contributed by atoms with Crippen LogP contribution in [0.1, 0.15) is 17.4 Å². The lowest BCUT2D eigenvalue weighted by Gasteiger charge is -2.22. The Balaban J connectivity index is 1.58. The van der Waals surface area contributed by atoms with Gasteiger partial charge >= 0.3 is 0 Å². The fourth-order valence-electron chi connectivity index (χ4n) is 2.52. The molecule has 25 heavy (non-hydrogen) atoms. The summed E-state index contributed by atoms with van der Waals surface area (Å²) >= 11 is 1.54. The molecule has 0 bridgehead atoms. The molecular weight excluding hydrogens is 334 g/mol. The number of hydrogen-bond acceptors (Lipinski definition) is 4. The predicted octanol–water partition coefficient (Wildman–Crippen LogP) is 3.61. The van der Waals surface area contributed by atoms with Gasteiger partial charge in [-0.15, -0.1) is 11.3 Å². The number of benzene rings is 2. The highest BCUT2D eigenvalue weighted by Gasteiger charge is 2.26. The summed E-state index contributed by atoms with van der Waals surface area (Å²) in [6, 6.07) is 17.5. The van der Waals surface area contributed by atoms with Crippen molar-refractivity contribution in [1.82, 2.24) is 5.32 Å². The van der Waals surface area contributed by atoms with Crippen LogP contribution >= 0.6 is 11.3 Å². The molecule has 4 nitrogen and oxygen atoms in total. The van der Waals surface area contributed by atoms with Crippen LogP contribution in [0.3, 0.4) is 0 Å². The third-order valence-electron chi connectivity index (χ3n) is 4.04. The minimum absolute atomic E-state index is 0.0760. The first-order valence-electron chi connectivity index (χ1n) is 8.12. The summed E-state index contributed by atoms with van der Waals surface area (Å²) in [5.74, 6) is 0.429. The quantitative estimate of drug-likeness (QED) is 0.710. The van der Waals surface area contributed by atoms with Gasteiger partial charge in [-0.1, -0.05) is 36.4 Å². The summed E-state index contributed by atoms with van der Waals surface area (Å²) in [4.78, 5) is 12.9. The highest BCUT2D eigenvalue weighted by molar-refractivity contribution is 7.19. The second-order valence-electron chi connectivity index (χ2n) is 6.25. The molecule has 0 fully saturated rings. The largest absolute Gasteiger partial charge is 0.484 e. The lowest BCUT2D eigenvalue weighted by atomic mass is 10.0. The second-order valence-corrected chi connectivity index (χ2v) is 7.34.